The second-order valence-electron chi connectivity index (χ2n) is 8.19. The highest BCUT2D eigenvalue weighted by atomic mass is 16.5. The van der Waals surface area contributed by atoms with Crippen LogP contribution in [-0.2, 0) is 9.53 Å². The van der Waals surface area contributed by atoms with Crippen LogP contribution in [-0.4, -0.2) is 12.6 Å². The molecule has 0 aliphatic heterocycles. The van der Waals surface area contributed by atoms with Gasteiger partial charge in [-0.25, -0.2) is 4.79 Å². The Labute approximate surface area is 164 Å². The molecule has 0 aromatic heterocycles. The molecule has 0 rings (SSSR count). The normalized spacial score (nSPS) is 12.1. The Morgan fingerprint density at radius 1 is 0.769 bits per heavy atom. The third-order valence-corrected chi connectivity index (χ3v) is 5.22. The summed E-state index contributed by atoms with van der Waals surface area (Å²) in [6, 6.07) is 0. The van der Waals surface area contributed by atoms with Crippen LogP contribution < -0.4 is 0 Å². The van der Waals surface area contributed by atoms with E-state index < -0.39 is 0 Å². The van der Waals surface area contributed by atoms with Gasteiger partial charge in [0, 0.05) is 5.57 Å². The molecule has 0 aromatic rings. The average Bonchev–Trinajstić information content (AvgIpc) is 2.62. The SMILES string of the molecule is C=C(C)C(=O)OCCCCCCCCCCCC(C)CCCCCCC. The Morgan fingerprint density at radius 3 is 1.65 bits per heavy atom. The van der Waals surface area contributed by atoms with Gasteiger partial charge in [0.15, 0.2) is 0 Å². The fourth-order valence-corrected chi connectivity index (χ4v) is 3.36. The molecule has 0 saturated heterocycles. The summed E-state index contributed by atoms with van der Waals surface area (Å²) in [7, 11) is 0. The van der Waals surface area contributed by atoms with Gasteiger partial charge in [0.25, 0.3) is 0 Å². The van der Waals surface area contributed by atoms with Crippen molar-refractivity contribution in [1.82, 2.24) is 0 Å². The Morgan fingerprint density at radius 2 is 1.19 bits per heavy atom. The van der Waals surface area contributed by atoms with E-state index >= 15 is 0 Å². The molecular formula is C24H46O2. The molecule has 2 nitrogen and oxygen atoms in total. The van der Waals surface area contributed by atoms with Gasteiger partial charge in [-0.1, -0.05) is 117 Å². The summed E-state index contributed by atoms with van der Waals surface area (Å²) in [4.78, 5) is 11.2. The monoisotopic (exact) mass is 366 g/mol. The third kappa shape index (κ3) is 18.0. The topological polar surface area (TPSA) is 26.3 Å². The van der Waals surface area contributed by atoms with Crippen LogP contribution in [0, 0.1) is 5.92 Å². The Hall–Kier alpha value is -0.790. The van der Waals surface area contributed by atoms with E-state index in [2.05, 4.69) is 20.4 Å². The third-order valence-electron chi connectivity index (χ3n) is 5.22. The Bertz CT molecular complexity index is 335. The number of ether oxygens (including phenoxy) is 1. The van der Waals surface area contributed by atoms with Crippen molar-refractivity contribution < 1.29 is 9.53 Å². The van der Waals surface area contributed by atoms with E-state index in [1.165, 1.54) is 96.3 Å². The molecular weight excluding hydrogens is 320 g/mol. The Kier molecular flexibility index (Phi) is 18.4. The molecule has 0 spiro atoms. The number of unbranched alkanes of at least 4 members (excludes halogenated alkanes) is 12. The zero-order valence-electron chi connectivity index (χ0n) is 18.1. The highest BCUT2D eigenvalue weighted by molar-refractivity contribution is 5.86. The summed E-state index contributed by atoms with van der Waals surface area (Å²) < 4.78 is 5.10. The van der Waals surface area contributed by atoms with Gasteiger partial charge in [-0.2, -0.15) is 0 Å². The number of rotatable bonds is 19. The Balaban J connectivity index is 3.19. The second kappa shape index (κ2) is 19.0. The molecule has 0 saturated carbocycles. The maximum Gasteiger partial charge on any atom is 0.333 e. The van der Waals surface area contributed by atoms with Crippen molar-refractivity contribution in [2.24, 2.45) is 5.92 Å². The van der Waals surface area contributed by atoms with Gasteiger partial charge >= 0.3 is 5.97 Å². The highest BCUT2D eigenvalue weighted by Crippen LogP contribution is 2.18. The molecule has 0 amide bonds. The molecule has 2 heteroatoms. The smallest absolute Gasteiger partial charge is 0.333 e. The van der Waals surface area contributed by atoms with E-state index in [1.54, 1.807) is 6.92 Å². The van der Waals surface area contributed by atoms with E-state index in [-0.39, 0.29) is 5.97 Å². The number of hydrogen-bond donors (Lipinski definition) is 0. The molecule has 0 radical (unpaired) electrons. The first-order chi connectivity index (χ1) is 12.6. The molecule has 154 valence electrons. The standard InChI is InChI=1S/C24H46O2/c1-5-6-7-13-16-19-23(4)20-17-14-11-9-8-10-12-15-18-21-26-24(25)22(2)3/h23H,2,5-21H2,1,3-4H3. The van der Waals surface area contributed by atoms with Crippen LogP contribution >= 0.6 is 0 Å². The maximum atomic E-state index is 11.2. The summed E-state index contributed by atoms with van der Waals surface area (Å²) in [5.74, 6) is 0.673. The van der Waals surface area contributed by atoms with Crippen LogP contribution in [0.1, 0.15) is 124 Å². The molecule has 1 unspecified atom stereocenters. The highest BCUT2D eigenvalue weighted by Gasteiger charge is 2.03. The van der Waals surface area contributed by atoms with Gasteiger partial charge in [-0.15, -0.1) is 0 Å². The lowest BCUT2D eigenvalue weighted by molar-refractivity contribution is -0.139. The lowest BCUT2D eigenvalue weighted by Gasteiger charge is -2.11. The van der Waals surface area contributed by atoms with E-state index in [4.69, 9.17) is 4.74 Å². The van der Waals surface area contributed by atoms with Gasteiger partial charge in [0.2, 0.25) is 0 Å². The van der Waals surface area contributed by atoms with E-state index in [0.29, 0.717) is 12.2 Å². The van der Waals surface area contributed by atoms with Crippen molar-refractivity contribution in [3.05, 3.63) is 12.2 Å². The van der Waals surface area contributed by atoms with Crippen LogP contribution in [0.3, 0.4) is 0 Å². The quantitative estimate of drug-likeness (QED) is 0.131. The first kappa shape index (κ1) is 25.2. The number of esters is 1. The molecule has 0 bridgehead atoms. The zero-order valence-corrected chi connectivity index (χ0v) is 18.1. The molecule has 1 atom stereocenters. The van der Waals surface area contributed by atoms with Crippen LogP contribution in [0.2, 0.25) is 0 Å². The average molecular weight is 367 g/mol. The molecule has 0 aliphatic carbocycles. The van der Waals surface area contributed by atoms with E-state index in [1.807, 2.05) is 0 Å². The zero-order chi connectivity index (χ0) is 19.5. The minimum atomic E-state index is -0.254. The van der Waals surface area contributed by atoms with Crippen LogP contribution in [0.5, 0.6) is 0 Å². The van der Waals surface area contributed by atoms with Gasteiger partial charge in [-0.05, 0) is 19.3 Å². The largest absolute Gasteiger partial charge is 0.462 e. The second-order valence-corrected chi connectivity index (χ2v) is 8.19. The van der Waals surface area contributed by atoms with Crippen molar-refractivity contribution in [2.75, 3.05) is 6.61 Å². The van der Waals surface area contributed by atoms with Crippen molar-refractivity contribution >= 4 is 5.97 Å². The number of carbonyl (C=O) groups is 1. The van der Waals surface area contributed by atoms with E-state index in [9.17, 15) is 4.79 Å². The van der Waals surface area contributed by atoms with Crippen molar-refractivity contribution in [3.63, 3.8) is 0 Å². The van der Waals surface area contributed by atoms with Crippen LogP contribution in [0.15, 0.2) is 12.2 Å². The van der Waals surface area contributed by atoms with Crippen molar-refractivity contribution in [2.45, 2.75) is 124 Å². The summed E-state index contributed by atoms with van der Waals surface area (Å²) in [6.45, 7) is 10.5. The van der Waals surface area contributed by atoms with Gasteiger partial charge in [-0.3, -0.25) is 0 Å². The number of carbonyl (C=O) groups excluding carboxylic acids is 1. The molecule has 26 heavy (non-hydrogen) atoms. The molecule has 0 aromatic carbocycles. The lowest BCUT2D eigenvalue weighted by atomic mass is 9.96. The predicted molar refractivity (Wildman–Crippen MR) is 114 cm³/mol. The fraction of sp³-hybridized carbons (Fsp3) is 0.875. The fourth-order valence-electron chi connectivity index (χ4n) is 3.36. The van der Waals surface area contributed by atoms with Crippen LogP contribution in [0.25, 0.3) is 0 Å². The first-order valence-electron chi connectivity index (χ1n) is 11.4. The van der Waals surface area contributed by atoms with Crippen molar-refractivity contribution in [1.29, 1.82) is 0 Å². The minimum absolute atomic E-state index is 0.254. The molecule has 0 heterocycles. The van der Waals surface area contributed by atoms with E-state index in [0.717, 1.165) is 12.3 Å². The maximum absolute atomic E-state index is 11.2. The number of hydrogen-bond acceptors (Lipinski definition) is 2. The first-order valence-corrected chi connectivity index (χ1v) is 11.4. The summed E-state index contributed by atoms with van der Waals surface area (Å²) in [6.07, 6.45) is 21.6. The predicted octanol–water partition coefficient (Wildman–Crippen LogP) is 8.00. The minimum Gasteiger partial charge on any atom is -0.462 e. The summed E-state index contributed by atoms with van der Waals surface area (Å²) in [5.41, 5.74) is 0.492. The molecule has 0 aliphatic rings. The van der Waals surface area contributed by atoms with Gasteiger partial charge in [0.05, 0.1) is 6.61 Å². The summed E-state index contributed by atoms with van der Waals surface area (Å²) >= 11 is 0. The molecule has 0 fully saturated rings. The summed E-state index contributed by atoms with van der Waals surface area (Å²) in [5, 5.41) is 0. The lowest BCUT2D eigenvalue weighted by Crippen LogP contribution is -2.05. The van der Waals surface area contributed by atoms with Gasteiger partial charge < -0.3 is 4.74 Å². The van der Waals surface area contributed by atoms with Gasteiger partial charge in [0.1, 0.15) is 0 Å². The molecule has 0 N–H and O–H groups in total. The van der Waals surface area contributed by atoms with Crippen molar-refractivity contribution in [3.8, 4) is 0 Å². The van der Waals surface area contributed by atoms with Crippen LogP contribution in [0.4, 0.5) is 0 Å².